The molecule has 2 aromatic heterocycles. The first-order valence-corrected chi connectivity index (χ1v) is 7.65. The SMILES string of the molecule is Cc1ncn(-c2ccc(NC(=O)c3cc(CN)nn3C)cc2)c1C. The normalized spacial score (nSPS) is 10.8. The molecule has 0 spiro atoms. The molecule has 2 heterocycles. The Morgan fingerprint density at radius 3 is 2.50 bits per heavy atom. The Morgan fingerprint density at radius 1 is 1.25 bits per heavy atom. The number of benzene rings is 1. The molecule has 1 amide bonds. The number of carbonyl (C=O) groups is 1. The van der Waals surface area contributed by atoms with Crippen LogP contribution in [0, 0.1) is 13.8 Å². The summed E-state index contributed by atoms with van der Waals surface area (Å²) in [6.45, 7) is 4.30. The van der Waals surface area contributed by atoms with Gasteiger partial charge in [0.25, 0.3) is 5.91 Å². The number of nitrogens with zero attached hydrogens (tertiary/aromatic N) is 4. The van der Waals surface area contributed by atoms with E-state index in [-0.39, 0.29) is 5.91 Å². The van der Waals surface area contributed by atoms with Gasteiger partial charge in [0.05, 0.1) is 17.7 Å². The lowest BCUT2D eigenvalue weighted by Gasteiger charge is -2.08. The minimum absolute atomic E-state index is 0.216. The van der Waals surface area contributed by atoms with E-state index in [1.165, 1.54) is 4.68 Å². The smallest absolute Gasteiger partial charge is 0.273 e. The van der Waals surface area contributed by atoms with Crippen LogP contribution in [0.3, 0.4) is 0 Å². The number of hydrogen-bond donors (Lipinski definition) is 2. The molecule has 3 rings (SSSR count). The van der Waals surface area contributed by atoms with E-state index < -0.39 is 0 Å². The Morgan fingerprint density at radius 2 is 1.96 bits per heavy atom. The molecule has 7 nitrogen and oxygen atoms in total. The summed E-state index contributed by atoms with van der Waals surface area (Å²) < 4.78 is 3.54. The number of rotatable bonds is 4. The first-order chi connectivity index (χ1) is 11.5. The zero-order chi connectivity index (χ0) is 17.3. The zero-order valence-electron chi connectivity index (χ0n) is 13.9. The highest BCUT2D eigenvalue weighted by atomic mass is 16.2. The molecule has 24 heavy (non-hydrogen) atoms. The van der Waals surface area contributed by atoms with Gasteiger partial charge < -0.3 is 15.6 Å². The largest absolute Gasteiger partial charge is 0.325 e. The third kappa shape index (κ3) is 2.93. The first-order valence-electron chi connectivity index (χ1n) is 7.65. The summed E-state index contributed by atoms with van der Waals surface area (Å²) in [4.78, 5) is 16.6. The van der Waals surface area contributed by atoms with Crippen LogP contribution in [0.25, 0.3) is 5.69 Å². The quantitative estimate of drug-likeness (QED) is 0.767. The van der Waals surface area contributed by atoms with Crippen molar-refractivity contribution in [2.75, 3.05) is 5.32 Å². The van der Waals surface area contributed by atoms with Crippen LogP contribution < -0.4 is 11.1 Å². The van der Waals surface area contributed by atoms with Crippen LogP contribution in [0.15, 0.2) is 36.7 Å². The maximum absolute atomic E-state index is 12.3. The average molecular weight is 324 g/mol. The standard InChI is InChI=1S/C17H20N6O/c1-11-12(2)23(10-19-11)15-6-4-13(5-7-15)20-17(24)16-8-14(9-18)21-22(16)3/h4-8,10H,9,18H2,1-3H3,(H,20,24). The highest BCUT2D eigenvalue weighted by molar-refractivity contribution is 6.03. The van der Waals surface area contributed by atoms with Gasteiger partial charge in [-0.15, -0.1) is 0 Å². The van der Waals surface area contributed by atoms with Crippen molar-refractivity contribution in [2.24, 2.45) is 12.8 Å². The Balaban J connectivity index is 1.77. The summed E-state index contributed by atoms with van der Waals surface area (Å²) >= 11 is 0. The molecule has 0 unspecified atom stereocenters. The molecule has 3 aromatic rings. The van der Waals surface area contributed by atoms with Gasteiger partial charge in [0.15, 0.2) is 0 Å². The van der Waals surface area contributed by atoms with Gasteiger partial charge in [0.1, 0.15) is 5.69 Å². The van der Waals surface area contributed by atoms with Crippen molar-refractivity contribution in [1.29, 1.82) is 0 Å². The molecule has 124 valence electrons. The number of amides is 1. The van der Waals surface area contributed by atoms with Crippen LogP contribution in [0.2, 0.25) is 0 Å². The maximum atomic E-state index is 12.3. The van der Waals surface area contributed by atoms with E-state index in [0.29, 0.717) is 23.6 Å². The lowest BCUT2D eigenvalue weighted by molar-refractivity contribution is 0.101. The highest BCUT2D eigenvalue weighted by Gasteiger charge is 2.13. The Kier molecular flexibility index (Phi) is 4.18. The molecule has 0 radical (unpaired) electrons. The van der Waals surface area contributed by atoms with E-state index in [4.69, 9.17) is 5.73 Å². The van der Waals surface area contributed by atoms with Gasteiger partial charge in [-0.25, -0.2) is 4.98 Å². The molecule has 3 N–H and O–H groups in total. The molecule has 0 saturated heterocycles. The third-order valence-corrected chi connectivity index (χ3v) is 4.03. The molecular formula is C17H20N6O. The van der Waals surface area contributed by atoms with Crippen LogP contribution in [0.5, 0.6) is 0 Å². The first kappa shape index (κ1) is 15.9. The van der Waals surface area contributed by atoms with Gasteiger partial charge in [0, 0.05) is 30.7 Å². The number of carbonyl (C=O) groups excluding carboxylic acids is 1. The molecular weight excluding hydrogens is 304 g/mol. The van der Waals surface area contributed by atoms with Crippen LogP contribution >= 0.6 is 0 Å². The van der Waals surface area contributed by atoms with Crippen LogP contribution in [-0.2, 0) is 13.6 Å². The van der Waals surface area contributed by atoms with Crippen molar-refractivity contribution < 1.29 is 4.79 Å². The Labute approximate surface area is 140 Å². The van der Waals surface area contributed by atoms with Crippen molar-refractivity contribution in [3.05, 3.63) is 59.4 Å². The van der Waals surface area contributed by atoms with Crippen LogP contribution in [0.1, 0.15) is 27.6 Å². The van der Waals surface area contributed by atoms with Crippen molar-refractivity contribution in [2.45, 2.75) is 20.4 Å². The Bertz CT molecular complexity index is 875. The van der Waals surface area contributed by atoms with Crippen molar-refractivity contribution in [3.63, 3.8) is 0 Å². The Hall–Kier alpha value is -2.93. The van der Waals surface area contributed by atoms with Crippen molar-refractivity contribution in [3.8, 4) is 5.69 Å². The maximum Gasteiger partial charge on any atom is 0.273 e. The van der Waals surface area contributed by atoms with Gasteiger partial charge >= 0.3 is 0 Å². The molecule has 1 aromatic carbocycles. The van der Waals surface area contributed by atoms with Gasteiger partial charge in [-0.3, -0.25) is 9.48 Å². The fraction of sp³-hybridized carbons (Fsp3) is 0.235. The topological polar surface area (TPSA) is 90.8 Å². The molecule has 0 aliphatic rings. The van der Waals surface area contributed by atoms with E-state index in [1.54, 1.807) is 19.4 Å². The lowest BCUT2D eigenvalue weighted by Crippen LogP contribution is -2.16. The van der Waals surface area contributed by atoms with Crippen LogP contribution in [-0.4, -0.2) is 25.2 Å². The van der Waals surface area contributed by atoms with E-state index in [1.807, 2.05) is 42.7 Å². The van der Waals surface area contributed by atoms with Gasteiger partial charge in [-0.1, -0.05) is 0 Å². The minimum atomic E-state index is -0.216. The second-order valence-corrected chi connectivity index (χ2v) is 5.64. The van der Waals surface area contributed by atoms with Gasteiger partial charge in [-0.2, -0.15) is 5.10 Å². The lowest BCUT2D eigenvalue weighted by atomic mass is 10.2. The van der Waals surface area contributed by atoms with Gasteiger partial charge in [0.2, 0.25) is 0 Å². The summed E-state index contributed by atoms with van der Waals surface area (Å²) in [5.41, 5.74) is 10.5. The fourth-order valence-electron chi connectivity index (χ4n) is 2.50. The van der Waals surface area contributed by atoms with E-state index in [2.05, 4.69) is 15.4 Å². The second kappa shape index (κ2) is 6.29. The summed E-state index contributed by atoms with van der Waals surface area (Å²) in [5.74, 6) is -0.216. The molecule has 0 aliphatic carbocycles. The van der Waals surface area contributed by atoms with Crippen molar-refractivity contribution >= 4 is 11.6 Å². The fourth-order valence-corrected chi connectivity index (χ4v) is 2.50. The number of aryl methyl sites for hydroxylation is 2. The summed E-state index contributed by atoms with van der Waals surface area (Å²) in [6, 6.07) is 9.31. The number of anilines is 1. The molecule has 0 atom stereocenters. The summed E-state index contributed by atoms with van der Waals surface area (Å²) in [6.07, 6.45) is 1.79. The number of aromatic nitrogens is 4. The van der Waals surface area contributed by atoms with Crippen LogP contribution in [0.4, 0.5) is 5.69 Å². The number of nitrogens with two attached hydrogens (primary N) is 1. The minimum Gasteiger partial charge on any atom is -0.325 e. The monoisotopic (exact) mass is 324 g/mol. The number of hydrogen-bond acceptors (Lipinski definition) is 4. The van der Waals surface area contributed by atoms with Gasteiger partial charge in [-0.05, 0) is 44.2 Å². The average Bonchev–Trinajstić information content (AvgIpc) is 3.12. The third-order valence-electron chi connectivity index (χ3n) is 4.03. The second-order valence-electron chi connectivity index (χ2n) is 5.64. The molecule has 0 bridgehead atoms. The highest BCUT2D eigenvalue weighted by Crippen LogP contribution is 2.17. The number of imidazole rings is 1. The molecule has 0 fully saturated rings. The summed E-state index contributed by atoms with van der Waals surface area (Å²) in [7, 11) is 1.72. The zero-order valence-corrected chi connectivity index (χ0v) is 13.9. The predicted molar refractivity (Wildman–Crippen MR) is 92.1 cm³/mol. The van der Waals surface area contributed by atoms with E-state index in [9.17, 15) is 4.79 Å². The van der Waals surface area contributed by atoms with Crippen molar-refractivity contribution in [1.82, 2.24) is 19.3 Å². The summed E-state index contributed by atoms with van der Waals surface area (Å²) in [5, 5.41) is 7.05. The van der Waals surface area contributed by atoms with E-state index in [0.717, 1.165) is 17.1 Å². The molecule has 0 aliphatic heterocycles. The molecule has 0 saturated carbocycles. The van der Waals surface area contributed by atoms with E-state index >= 15 is 0 Å². The molecule has 7 heteroatoms. The number of nitrogens with one attached hydrogen (secondary N) is 1. The predicted octanol–water partition coefficient (Wildman–Crippen LogP) is 1.93.